The fourth-order valence-corrected chi connectivity index (χ4v) is 5.13. The molecular formula is C23H26FN3O3. The van der Waals surface area contributed by atoms with Gasteiger partial charge in [0.25, 0.3) is 0 Å². The monoisotopic (exact) mass is 411 g/mol. The Morgan fingerprint density at radius 1 is 1.17 bits per heavy atom. The van der Waals surface area contributed by atoms with Crippen LogP contribution in [-0.2, 0) is 6.42 Å². The molecule has 0 saturated heterocycles. The van der Waals surface area contributed by atoms with Gasteiger partial charge in [0.1, 0.15) is 41.9 Å². The van der Waals surface area contributed by atoms with E-state index in [9.17, 15) is 14.6 Å². The number of aliphatic hydroxyl groups excluding tert-OH is 2. The lowest BCUT2D eigenvalue weighted by Crippen LogP contribution is -2.34. The Labute approximate surface area is 174 Å². The van der Waals surface area contributed by atoms with Gasteiger partial charge in [-0.1, -0.05) is 6.92 Å². The van der Waals surface area contributed by atoms with E-state index in [1.807, 2.05) is 23.8 Å². The molecule has 3 aromatic rings. The first kappa shape index (κ1) is 19.5. The number of hydrogen-bond donors (Lipinski definition) is 2. The van der Waals surface area contributed by atoms with Crippen LogP contribution in [-0.4, -0.2) is 43.1 Å². The molecule has 2 aromatic heterocycles. The van der Waals surface area contributed by atoms with Gasteiger partial charge < -0.3 is 19.5 Å². The summed E-state index contributed by atoms with van der Waals surface area (Å²) in [7, 11) is 0. The Hall–Kier alpha value is -2.51. The molecule has 5 atom stereocenters. The lowest BCUT2D eigenvalue weighted by Gasteiger charge is -2.27. The van der Waals surface area contributed by atoms with Gasteiger partial charge in [-0.2, -0.15) is 0 Å². The summed E-state index contributed by atoms with van der Waals surface area (Å²) in [5, 5.41) is 22.5. The highest BCUT2D eigenvalue weighted by Gasteiger charge is 2.45. The molecule has 30 heavy (non-hydrogen) atoms. The first-order valence-corrected chi connectivity index (χ1v) is 10.6. The number of nitrogens with zero attached hydrogens (tertiary/aromatic N) is 3. The Morgan fingerprint density at radius 3 is 2.83 bits per heavy atom. The molecule has 7 heteroatoms. The molecule has 0 radical (unpaired) electrons. The van der Waals surface area contributed by atoms with Gasteiger partial charge in [-0.3, -0.25) is 0 Å². The van der Waals surface area contributed by atoms with Crippen molar-refractivity contribution in [2.45, 2.75) is 69.8 Å². The Morgan fingerprint density at radius 2 is 2.00 bits per heavy atom. The van der Waals surface area contributed by atoms with Crippen molar-refractivity contribution in [1.29, 1.82) is 0 Å². The third kappa shape index (κ3) is 2.99. The van der Waals surface area contributed by atoms with Gasteiger partial charge in [0.2, 0.25) is 0 Å². The predicted octanol–water partition coefficient (Wildman–Crippen LogP) is 3.43. The first-order chi connectivity index (χ1) is 14.5. The van der Waals surface area contributed by atoms with Gasteiger partial charge in [-0.15, -0.1) is 0 Å². The van der Waals surface area contributed by atoms with E-state index in [0.29, 0.717) is 18.6 Å². The van der Waals surface area contributed by atoms with Crippen LogP contribution in [0.2, 0.25) is 0 Å². The van der Waals surface area contributed by atoms with Crippen LogP contribution < -0.4 is 4.74 Å². The fraction of sp³-hybridized carbons (Fsp3) is 0.478. The first-order valence-electron chi connectivity index (χ1n) is 10.6. The van der Waals surface area contributed by atoms with Gasteiger partial charge >= 0.3 is 0 Å². The highest BCUT2D eigenvalue weighted by atomic mass is 19.1. The standard InChI is InChI=1S/C23H26FN3O3/c1-12-4-3-5-15-16(24)6-7-18(20(12)15)30-19-10-17(21(28)22(19)29)27-9-8-14-13(2)25-11-26-23(14)27/h6-9,11-12,17,19,21-22,28-29H,3-5,10H2,1-2H3. The van der Waals surface area contributed by atoms with E-state index >= 15 is 0 Å². The van der Waals surface area contributed by atoms with Crippen molar-refractivity contribution in [3.8, 4) is 5.75 Å². The topological polar surface area (TPSA) is 80.4 Å². The van der Waals surface area contributed by atoms with Gasteiger partial charge in [0.05, 0.1) is 11.7 Å². The SMILES string of the molecule is Cc1ncnc2c1ccn2C1CC(Oc2ccc(F)c3c2C(C)CCC3)C(O)C1O. The molecule has 1 aromatic carbocycles. The van der Waals surface area contributed by atoms with Gasteiger partial charge in [0.15, 0.2) is 0 Å². The normalized spacial score (nSPS) is 28.6. The van der Waals surface area contributed by atoms with Crippen molar-refractivity contribution < 1.29 is 19.3 Å². The van der Waals surface area contributed by atoms with Crippen molar-refractivity contribution in [1.82, 2.24) is 14.5 Å². The summed E-state index contributed by atoms with van der Waals surface area (Å²) in [6.45, 7) is 4.00. The molecule has 0 bridgehead atoms. The van der Waals surface area contributed by atoms with Crippen LogP contribution in [0.15, 0.2) is 30.7 Å². The number of benzene rings is 1. The van der Waals surface area contributed by atoms with E-state index in [-0.39, 0.29) is 17.8 Å². The van der Waals surface area contributed by atoms with Crippen LogP contribution >= 0.6 is 0 Å². The maximum absolute atomic E-state index is 14.3. The third-order valence-corrected chi connectivity index (χ3v) is 6.76. The molecule has 1 saturated carbocycles. The number of aromatic nitrogens is 3. The molecule has 2 aliphatic carbocycles. The number of ether oxygens (including phenoxy) is 1. The minimum absolute atomic E-state index is 0.192. The molecule has 2 aliphatic rings. The van der Waals surface area contributed by atoms with Gasteiger partial charge in [0, 0.05) is 23.6 Å². The average molecular weight is 411 g/mol. The zero-order valence-corrected chi connectivity index (χ0v) is 17.1. The smallest absolute Gasteiger partial charge is 0.143 e. The lowest BCUT2D eigenvalue weighted by atomic mass is 9.83. The average Bonchev–Trinajstić information content (AvgIpc) is 3.28. The molecule has 0 spiro atoms. The summed E-state index contributed by atoms with van der Waals surface area (Å²) in [5.41, 5.74) is 3.22. The highest BCUT2D eigenvalue weighted by molar-refractivity contribution is 5.78. The second kappa shape index (κ2) is 7.32. The zero-order chi connectivity index (χ0) is 21.0. The van der Waals surface area contributed by atoms with Crippen LogP contribution in [0.3, 0.4) is 0 Å². The lowest BCUT2D eigenvalue weighted by molar-refractivity contribution is -0.0167. The quantitative estimate of drug-likeness (QED) is 0.690. The van der Waals surface area contributed by atoms with E-state index in [4.69, 9.17) is 4.74 Å². The van der Waals surface area contributed by atoms with E-state index in [2.05, 4.69) is 16.9 Å². The molecule has 0 aliphatic heterocycles. The Bertz CT molecular complexity index is 1100. The van der Waals surface area contributed by atoms with Crippen molar-refractivity contribution in [2.24, 2.45) is 0 Å². The summed E-state index contributed by atoms with van der Waals surface area (Å²) in [4.78, 5) is 8.58. The Balaban J connectivity index is 1.46. The second-order valence-corrected chi connectivity index (χ2v) is 8.59. The molecule has 1 fully saturated rings. The van der Waals surface area contributed by atoms with Crippen LogP contribution in [0.1, 0.15) is 55.0 Å². The summed E-state index contributed by atoms with van der Waals surface area (Å²) < 4.78 is 22.5. The number of aryl methyl sites for hydroxylation is 1. The van der Waals surface area contributed by atoms with Crippen LogP contribution in [0.25, 0.3) is 11.0 Å². The number of rotatable bonds is 3. The number of hydrogen-bond acceptors (Lipinski definition) is 5. The van der Waals surface area contributed by atoms with E-state index in [1.165, 1.54) is 12.4 Å². The van der Waals surface area contributed by atoms with Crippen LogP contribution in [0.5, 0.6) is 5.75 Å². The fourth-order valence-electron chi connectivity index (χ4n) is 5.13. The largest absolute Gasteiger partial charge is 0.487 e. The summed E-state index contributed by atoms with van der Waals surface area (Å²) in [6.07, 6.45) is 3.83. The molecule has 2 N–H and O–H groups in total. The number of fused-ring (bicyclic) bond motifs is 2. The van der Waals surface area contributed by atoms with Crippen molar-refractivity contribution in [2.75, 3.05) is 0 Å². The Kier molecular flexibility index (Phi) is 4.75. The maximum Gasteiger partial charge on any atom is 0.143 e. The molecule has 158 valence electrons. The number of halogens is 1. The summed E-state index contributed by atoms with van der Waals surface area (Å²) in [5.74, 6) is 0.625. The zero-order valence-electron chi connectivity index (χ0n) is 17.1. The third-order valence-electron chi connectivity index (χ3n) is 6.76. The summed E-state index contributed by atoms with van der Waals surface area (Å²) in [6, 6.07) is 4.66. The molecule has 5 rings (SSSR count). The van der Waals surface area contributed by atoms with Gasteiger partial charge in [-0.05, 0) is 55.9 Å². The van der Waals surface area contributed by atoms with E-state index < -0.39 is 18.3 Å². The minimum Gasteiger partial charge on any atom is -0.487 e. The van der Waals surface area contributed by atoms with Crippen molar-refractivity contribution >= 4 is 11.0 Å². The molecule has 0 amide bonds. The highest BCUT2D eigenvalue weighted by Crippen LogP contribution is 2.42. The van der Waals surface area contributed by atoms with Crippen molar-refractivity contribution in [3.63, 3.8) is 0 Å². The molecule has 6 nitrogen and oxygen atoms in total. The molecule has 5 unspecified atom stereocenters. The van der Waals surface area contributed by atoms with Gasteiger partial charge in [-0.25, -0.2) is 14.4 Å². The van der Waals surface area contributed by atoms with Crippen LogP contribution in [0.4, 0.5) is 4.39 Å². The van der Waals surface area contributed by atoms with E-state index in [1.54, 1.807) is 6.07 Å². The van der Waals surface area contributed by atoms with E-state index in [0.717, 1.165) is 40.7 Å². The van der Waals surface area contributed by atoms with Crippen molar-refractivity contribution in [3.05, 3.63) is 53.4 Å². The molecule has 2 heterocycles. The molecular weight excluding hydrogens is 385 g/mol. The predicted molar refractivity (Wildman–Crippen MR) is 110 cm³/mol. The second-order valence-electron chi connectivity index (χ2n) is 8.59. The number of aliphatic hydroxyl groups is 2. The summed E-state index contributed by atoms with van der Waals surface area (Å²) >= 11 is 0. The van der Waals surface area contributed by atoms with Crippen LogP contribution in [0, 0.1) is 12.7 Å². The minimum atomic E-state index is -1.05. The maximum atomic E-state index is 14.3.